The zero-order valence-corrected chi connectivity index (χ0v) is 9.48. The van der Waals surface area contributed by atoms with Crippen LogP contribution in [-0.2, 0) is 5.54 Å². The average Bonchev–Trinajstić information content (AvgIpc) is 2.09. The van der Waals surface area contributed by atoms with Crippen LogP contribution in [0.2, 0.25) is 0 Å². The Hall–Kier alpha value is -1.19. The minimum absolute atomic E-state index is 0.142. The summed E-state index contributed by atoms with van der Waals surface area (Å²) in [5.41, 5.74) is 8.50. The number of halogens is 1. The molecule has 1 N–H and O–H groups in total. The first-order chi connectivity index (χ1) is 6.47. The van der Waals surface area contributed by atoms with Gasteiger partial charge >= 0.3 is 0 Å². The predicted molar refractivity (Wildman–Crippen MR) is 58.0 cm³/mol. The molecular weight excluding hydrogens is 246 g/mol. The maximum Gasteiger partial charge on any atom is 0.130 e. The molecule has 0 spiro atoms. The summed E-state index contributed by atoms with van der Waals surface area (Å²) in [5.74, 6) is 0.142. The van der Waals surface area contributed by atoms with Crippen molar-refractivity contribution in [3.8, 4) is 5.75 Å². The molecule has 0 aromatic heterocycles. The summed E-state index contributed by atoms with van der Waals surface area (Å²) >= 11 is 3.18. The van der Waals surface area contributed by atoms with E-state index in [0.29, 0.717) is 4.47 Å². The first kappa shape index (κ1) is 10.9. The molecule has 0 aliphatic rings. The van der Waals surface area contributed by atoms with Crippen LogP contribution in [0.4, 0.5) is 0 Å². The topological polar surface area (TPSA) is 69.0 Å². The number of aromatic hydroxyl groups is 1. The van der Waals surface area contributed by atoms with E-state index in [1.165, 1.54) is 0 Å². The molecule has 0 atom stereocenters. The molecule has 1 aromatic rings. The number of phenolic OH excluding ortho intramolecular Hbond substituents is 1. The molecule has 14 heavy (non-hydrogen) atoms. The summed E-state index contributed by atoms with van der Waals surface area (Å²) in [4.78, 5) is 2.77. The van der Waals surface area contributed by atoms with E-state index in [4.69, 9.17) is 5.53 Å². The van der Waals surface area contributed by atoms with Crippen LogP contribution in [0, 0.1) is 0 Å². The lowest BCUT2D eigenvalue weighted by Crippen LogP contribution is -2.12. The Morgan fingerprint density at radius 2 is 2.14 bits per heavy atom. The van der Waals surface area contributed by atoms with Gasteiger partial charge in [0.2, 0.25) is 0 Å². The fraction of sp³-hybridized carbons (Fsp3) is 0.333. The van der Waals surface area contributed by atoms with Crippen molar-refractivity contribution in [2.24, 2.45) is 5.11 Å². The van der Waals surface area contributed by atoms with Crippen molar-refractivity contribution in [3.05, 3.63) is 38.7 Å². The van der Waals surface area contributed by atoms with Crippen molar-refractivity contribution in [1.82, 2.24) is 0 Å². The number of phenols is 1. The zero-order chi connectivity index (χ0) is 10.8. The van der Waals surface area contributed by atoms with Crippen LogP contribution in [-0.4, -0.2) is 5.11 Å². The molecule has 0 aliphatic heterocycles. The second-order valence-electron chi connectivity index (χ2n) is 3.41. The Bertz CT molecular complexity index is 397. The minimum atomic E-state index is -0.646. The molecule has 5 heteroatoms. The van der Waals surface area contributed by atoms with Crippen LogP contribution in [0.3, 0.4) is 0 Å². The smallest absolute Gasteiger partial charge is 0.130 e. The highest BCUT2D eigenvalue weighted by molar-refractivity contribution is 9.10. The average molecular weight is 256 g/mol. The molecule has 0 aliphatic carbocycles. The number of hydrogen-bond donors (Lipinski definition) is 1. The fourth-order valence-corrected chi connectivity index (χ4v) is 1.31. The first-order valence-electron chi connectivity index (χ1n) is 4.02. The van der Waals surface area contributed by atoms with E-state index in [0.717, 1.165) is 5.56 Å². The Morgan fingerprint density at radius 1 is 1.50 bits per heavy atom. The lowest BCUT2D eigenvalue weighted by Gasteiger charge is -2.18. The van der Waals surface area contributed by atoms with Gasteiger partial charge in [0.15, 0.2) is 0 Å². The molecule has 0 radical (unpaired) electrons. The largest absolute Gasteiger partial charge is 0.507 e. The monoisotopic (exact) mass is 255 g/mol. The lowest BCUT2D eigenvalue weighted by molar-refractivity contribution is 0.466. The van der Waals surface area contributed by atoms with Gasteiger partial charge in [0.1, 0.15) is 5.75 Å². The molecule has 0 fully saturated rings. The third kappa shape index (κ3) is 2.19. The van der Waals surface area contributed by atoms with Gasteiger partial charge in [0, 0.05) is 4.91 Å². The van der Waals surface area contributed by atoms with Crippen molar-refractivity contribution >= 4 is 15.9 Å². The molecule has 0 heterocycles. The standard InChI is InChI=1S/C9H10BrN3O/c1-9(2,12-13-11)6-3-4-7(10)8(14)5-6/h3-5,14H,1-2H3. The summed E-state index contributed by atoms with van der Waals surface area (Å²) in [6, 6.07) is 5.11. The third-order valence-electron chi connectivity index (χ3n) is 1.95. The summed E-state index contributed by atoms with van der Waals surface area (Å²) < 4.78 is 0.623. The number of azide groups is 1. The van der Waals surface area contributed by atoms with E-state index >= 15 is 0 Å². The second kappa shape index (κ2) is 3.90. The van der Waals surface area contributed by atoms with Crippen molar-refractivity contribution in [2.45, 2.75) is 19.4 Å². The van der Waals surface area contributed by atoms with Gasteiger partial charge in [-0.25, -0.2) is 0 Å². The van der Waals surface area contributed by atoms with Gasteiger partial charge in [-0.1, -0.05) is 25.0 Å². The van der Waals surface area contributed by atoms with Crippen molar-refractivity contribution in [2.75, 3.05) is 0 Å². The van der Waals surface area contributed by atoms with Crippen LogP contribution < -0.4 is 0 Å². The second-order valence-corrected chi connectivity index (χ2v) is 4.27. The first-order valence-corrected chi connectivity index (χ1v) is 4.82. The molecule has 0 saturated carbocycles. The van der Waals surface area contributed by atoms with Gasteiger partial charge in [-0.05, 0) is 39.2 Å². The molecular formula is C9H10BrN3O. The summed E-state index contributed by atoms with van der Waals surface area (Å²) in [6.07, 6.45) is 0. The van der Waals surface area contributed by atoms with Crippen LogP contribution in [0.25, 0.3) is 10.4 Å². The Balaban J connectivity index is 3.20. The van der Waals surface area contributed by atoms with E-state index in [9.17, 15) is 5.11 Å². The third-order valence-corrected chi connectivity index (χ3v) is 2.62. The van der Waals surface area contributed by atoms with E-state index in [-0.39, 0.29) is 5.75 Å². The van der Waals surface area contributed by atoms with E-state index in [1.807, 2.05) is 0 Å². The summed E-state index contributed by atoms with van der Waals surface area (Å²) in [7, 11) is 0. The zero-order valence-electron chi connectivity index (χ0n) is 7.90. The SMILES string of the molecule is CC(C)(N=[N+]=[N-])c1ccc(Br)c(O)c1. The van der Waals surface area contributed by atoms with Crippen LogP contribution in [0.5, 0.6) is 5.75 Å². The number of rotatable bonds is 2. The van der Waals surface area contributed by atoms with Crippen LogP contribution in [0.15, 0.2) is 27.8 Å². The Morgan fingerprint density at radius 3 is 2.64 bits per heavy atom. The molecule has 0 bridgehead atoms. The number of hydrogen-bond acceptors (Lipinski definition) is 2. The van der Waals surface area contributed by atoms with Gasteiger partial charge in [-0.3, -0.25) is 0 Å². The van der Waals surface area contributed by atoms with Crippen molar-refractivity contribution < 1.29 is 5.11 Å². The highest BCUT2D eigenvalue weighted by Crippen LogP contribution is 2.31. The van der Waals surface area contributed by atoms with E-state index in [1.54, 1.807) is 32.0 Å². The lowest BCUT2D eigenvalue weighted by atomic mass is 9.95. The van der Waals surface area contributed by atoms with Gasteiger partial charge < -0.3 is 5.11 Å². The molecule has 1 rings (SSSR count). The highest BCUT2D eigenvalue weighted by Gasteiger charge is 2.19. The van der Waals surface area contributed by atoms with Crippen molar-refractivity contribution in [3.63, 3.8) is 0 Å². The van der Waals surface area contributed by atoms with E-state index < -0.39 is 5.54 Å². The molecule has 0 unspecified atom stereocenters. The van der Waals surface area contributed by atoms with Crippen LogP contribution >= 0.6 is 15.9 Å². The normalized spacial score (nSPS) is 10.8. The molecule has 4 nitrogen and oxygen atoms in total. The maximum atomic E-state index is 9.45. The van der Waals surface area contributed by atoms with Crippen LogP contribution in [0.1, 0.15) is 19.4 Å². The van der Waals surface area contributed by atoms with Gasteiger partial charge in [-0.2, -0.15) is 0 Å². The van der Waals surface area contributed by atoms with Gasteiger partial charge in [-0.15, -0.1) is 0 Å². The fourth-order valence-electron chi connectivity index (χ4n) is 1.06. The molecule has 1 aromatic carbocycles. The van der Waals surface area contributed by atoms with Gasteiger partial charge in [0.05, 0.1) is 10.0 Å². The quantitative estimate of drug-likeness (QED) is 0.489. The minimum Gasteiger partial charge on any atom is -0.507 e. The van der Waals surface area contributed by atoms with Crippen molar-refractivity contribution in [1.29, 1.82) is 0 Å². The summed E-state index contributed by atoms with van der Waals surface area (Å²) in [5, 5.41) is 13.1. The summed E-state index contributed by atoms with van der Waals surface area (Å²) in [6.45, 7) is 3.57. The highest BCUT2D eigenvalue weighted by atomic mass is 79.9. The molecule has 0 amide bonds. The number of benzene rings is 1. The number of nitrogens with zero attached hydrogens (tertiary/aromatic N) is 3. The maximum absolute atomic E-state index is 9.45. The van der Waals surface area contributed by atoms with Gasteiger partial charge in [0.25, 0.3) is 0 Å². The Labute approximate surface area is 90.3 Å². The molecule has 0 saturated heterocycles. The molecule has 74 valence electrons. The van der Waals surface area contributed by atoms with E-state index in [2.05, 4.69) is 26.0 Å². The predicted octanol–water partition coefficient (Wildman–Crippen LogP) is 3.70. The Kier molecular flexibility index (Phi) is 3.03.